The standard InChI is InChI=1S/C13H15N3O5/c1-14-13(17)20-7-11-15-16-12(21-11)8-4-5-9(18-2)10(6-8)19-3/h4-6H,7H2,1-3H3,(H,14,17). The summed E-state index contributed by atoms with van der Waals surface area (Å²) < 4.78 is 20.6. The van der Waals surface area contributed by atoms with Gasteiger partial charge in [-0.25, -0.2) is 4.79 Å². The number of ether oxygens (including phenoxy) is 3. The molecule has 8 heteroatoms. The number of carbonyl (C=O) groups is 1. The molecule has 0 spiro atoms. The van der Waals surface area contributed by atoms with Crippen molar-refractivity contribution in [2.24, 2.45) is 0 Å². The molecule has 0 bridgehead atoms. The maximum absolute atomic E-state index is 11.0. The second kappa shape index (κ2) is 6.60. The molecule has 112 valence electrons. The van der Waals surface area contributed by atoms with Gasteiger partial charge in [0.2, 0.25) is 5.89 Å². The second-order valence-electron chi connectivity index (χ2n) is 3.90. The molecular formula is C13H15N3O5. The van der Waals surface area contributed by atoms with E-state index in [2.05, 4.69) is 15.5 Å². The van der Waals surface area contributed by atoms with Crippen molar-refractivity contribution in [2.45, 2.75) is 6.61 Å². The van der Waals surface area contributed by atoms with Crippen molar-refractivity contribution in [3.63, 3.8) is 0 Å². The zero-order chi connectivity index (χ0) is 15.2. The Hall–Kier alpha value is -2.77. The van der Waals surface area contributed by atoms with Crippen molar-refractivity contribution >= 4 is 6.09 Å². The summed E-state index contributed by atoms with van der Waals surface area (Å²) in [6.07, 6.45) is -0.569. The summed E-state index contributed by atoms with van der Waals surface area (Å²) in [5, 5.41) is 10.0. The molecular weight excluding hydrogens is 278 g/mol. The van der Waals surface area contributed by atoms with Crippen LogP contribution in [0.2, 0.25) is 0 Å². The zero-order valence-electron chi connectivity index (χ0n) is 11.9. The molecule has 0 saturated heterocycles. The maximum Gasteiger partial charge on any atom is 0.407 e. The number of benzene rings is 1. The highest BCUT2D eigenvalue weighted by Gasteiger charge is 2.13. The van der Waals surface area contributed by atoms with Crippen molar-refractivity contribution in [3.8, 4) is 23.0 Å². The normalized spacial score (nSPS) is 10.0. The number of carbonyl (C=O) groups excluding carboxylic acids is 1. The Morgan fingerprint density at radius 2 is 2.00 bits per heavy atom. The molecule has 0 aliphatic carbocycles. The van der Waals surface area contributed by atoms with Gasteiger partial charge in [-0.1, -0.05) is 0 Å². The SMILES string of the molecule is CNC(=O)OCc1nnc(-c2ccc(OC)c(OC)c2)o1. The van der Waals surface area contributed by atoms with Crippen LogP contribution in [0.3, 0.4) is 0 Å². The number of methoxy groups -OCH3 is 2. The summed E-state index contributed by atoms with van der Waals surface area (Å²) >= 11 is 0. The first-order valence-corrected chi connectivity index (χ1v) is 6.07. The van der Waals surface area contributed by atoms with E-state index in [1.54, 1.807) is 25.3 Å². The summed E-state index contributed by atoms with van der Waals surface area (Å²) in [7, 11) is 4.56. The fraction of sp³-hybridized carbons (Fsp3) is 0.308. The molecule has 1 amide bonds. The van der Waals surface area contributed by atoms with Crippen LogP contribution in [0, 0.1) is 0 Å². The highest BCUT2D eigenvalue weighted by atomic mass is 16.6. The predicted molar refractivity (Wildman–Crippen MR) is 72.1 cm³/mol. The van der Waals surface area contributed by atoms with Gasteiger partial charge in [0.05, 0.1) is 14.2 Å². The Labute approximate surface area is 121 Å². The van der Waals surface area contributed by atoms with E-state index in [1.807, 2.05) is 0 Å². The summed E-state index contributed by atoms with van der Waals surface area (Å²) in [6.45, 7) is -0.0973. The number of aromatic nitrogens is 2. The average molecular weight is 293 g/mol. The Kier molecular flexibility index (Phi) is 4.60. The maximum atomic E-state index is 11.0. The lowest BCUT2D eigenvalue weighted by molar-refractivity contribution is 0.131. The fourth-order valence-corrected chi connectivity index (χ4v) is 1.60. The minimum absolute atomic E-state index is 0.0973. The molecule has 0 fully saturated rings. The highest BCUT2D eigenvalue weighted by molar-refractivity contribution is 5.66. The number of alkyl carbamates (subject to hydrolysis) is 1. The molecule has 1 N–H and O–H groups in total. The van der Waals surface area contributed by atoms with Crippen LogP contribution in [-0.2, 0) is 11.3 Å². The molecule has 0 aliphatic heterocycles. The van der Waals surface area contributed by atoms with Gasteiger partial charge in [0.25, 0.3) is 5.89 Å². The first-order valence-electron chi connectivity index (χ1n) is 6.07. The summed E-state index contributed by atoms with van der Waals surface area (Å²) in [6, 6.07) is 5.22. The van der Waals surface area contributed by atoms with E-state index in [4.69, 9.17) is 18.6 Å². The Balaban J connectivity index is 2.15. The molecule has 8 nitrogen and oxygen atoms in total. The molecule has 1 heterocycles. The highest BCUT2D eigenvalue weighted by Crippen LogP contribution is 2.31. The third-order valence-corrected chi connectivity index (χ3v) is 2.63. The van der Waals surface area contributed by atoms with Crippen LogP contribution in [0.1, 0.15) is 5.89 Å². The van der Waals surface area contributed by atoms with E-state index in [0.29, 0.717) is 23.0 Å². The van der Waals surface area contributed by atoms with Crippen molar-refractivity contribution < 1.29 is 23.4 Å². The molecule has 0 atom stereocenters. The molecule has 2 aromatic rings. The van der Waals surface area contributed by atoms with Gasteiger partial charge >= 0.3 is 6.09 Å². The zero-order valence-corrected chi connectivity index (χ0v) is 11.9. The topological polar surface area (TPSA) is 95.7 Å². The molecule has 0 unspecified atom stereocenters. The minimum Gasteiger partial charge on any atom is -0.493 e. The van der Waals surface area contributed by atoms with Gasteiger partial charge < -0.3 is 23.9 Å². The van der Waals surface area contributed by atoms with Gasteiger partial charge in [0, 0.05) is 12.6 Å². The Morgan fingerprint density at radius 3 is 2.67 bits per heavy atom. The third-order valence-electron chi connectivity index (χ3n) is 2.63. The Bertz CT molecular complexity index is 626. The lowest BCUT2D eigenvalue weighted by Gasteiger charge is -2.07. The minimum atomic E-state index is -0.569. The number of hydrogen-bond acceptors (Lipinski definition) is 7. The van der Waals surface area contributed by atoms with Crippen LogP contribution < -0.4 is 14.8 Å². The van der Waals surface area contributed by atoms with E-state index < -0.39 is 6.09 Å². The van der Waals surface area contributed by atoms with Crippen LogP contribution in [0.5, 0.6) is 11.5 Å². The van der Waals surface area contributed by atoms with E-state index in [1.165, 1.54) is 14.2 Å². The molecule has 0 saturated carbocycles. The molecule has 1 aromatic carbocycles. The van der Waals surface area contributed by atoms with Crippen molar-refractivity contribution in [3.05, 3.63) is 24.1 Å². The summed E-state index contributed by atoms with van der Waals surface area (Å²) in [5.41, 5.74) is 0.673. The smallest absolute Gasteiger partial charge is 0.407 e. The van der Waals surface area contributed by atoms with Crippen molar-refractivity contribution in [1.29, 1.82) is 0 Å². The first-order chi connectivity index (χ1) is 10.2. The molecule has 0 radical (unpaired) electrons. The monoisotopic (exact) mass is 293 g/mol. The Morgan fingerprint density at radius 1 is 1.24 bits per heavy atom. The number of nitrogens with one attached hydrogen (secondary N) is 1. The largest absolute Gasteiger partial charge is 0.493 e. The number of rotatable bonds is 5. The molecule has 2 rings (SSSR count). The van der Waals surface area contributed by atoms with Crippen LogP contribution in [-0.4, -0.2) is 37.6 Å². The predicted octanol–water partition coefficient (Wildman–Crippen LogP) is 1.61. The van der Waals surface area contributed by atoms with Gasteiger partial charge in [-0.05, 0) is 18.2 Å². The van der Waals surface area contributed by atoms with E-state index in [-0.39, 0.29) is 12.5 Å². The van der Waals surface area contributed by atoms with E-state index in [0.717, 1.165) is 0 Å². The number of hydrogen-bond donors (Lipinski definition) is 1. The van der Waals surface area contributed by atoms with Crippen LogP contribution in [0.15, 0.2) is 22.6 Å². The van der Waals surface area contributed by atoms with E-state index >= 15 is 0 Å². The summed E-state index contributed by atoms with van der Waals surface area (Å²) in [5.74, 6) is 1.65. The quantitative estimate of drug-likeness (QED) is 0.894. The van der Waals surface area contributed by atoms with Crippen molar-refractivity contribution in [1.82, 2.24) is 15.5 Å². The van der Waals surface area contributed by atoms with Gasteiger partial charge in [0.15, 0.2) is 18.1 Å². The van der Waals surface area contributed by atoms with E-state index in [9.17, 15) is 4.79 Å². The average Bonchev–Trinajstić information content (AvgIpc) is 3.00. The third kappa shape index (κ3) is 3.41. The number of amides is 1. The van der Waals surface area contributed by atoms with Crippen LogP contribution in [0.25, 0.3) is 11.5 Å². The fourth-order valence-electron chi connectivity index (χ4n) is 1.60. The second-order valence-corrected chi connectivity index (χ2v) is 3.90. The molecule has 1 aromatic heterocycles. The lowest BCUT2D eigenvalue weighted by Crippen LogP contribution is -2.18. The lowest BCUT2D eigenvalue weighted by atomic mass is 10.2. The van der Waals surface area contributed by atoms with Gasteiger partial charge in [-0.3, -0.25) is 0 Å². The van der Waals surface area contributed by atoms with Crippen LogP contribution >= 0.6 is 0 Å². The van der Waals surface area contributed by atoms with Gasteiger partial charge in [0.1, 0.15) is 0 Å². The molecule has 21 heavy (non-hydrogen) atoms. The van der Waals surface area contributed by atoms with Gasteiger partial charge in [-0.2, -0.15) is 0 Å². The van der Waals surface area contributed by atoms with Crippen molar-refractivity contribution in [2.75, 3.05) is 21.3 Å². The van der Waals surface area contributed by atoms with Crippen LogP contribution in [0.4, 0.5) is 4.79 Å². The first kappa shape index (κ1) is 14.6. The summed E-state index contributed by atoms with van der Waals surface area (Å²) in [4.78, 5) is 11.0. The number of nitrogens with zero attached hydrogens (tertiary/aromatic N) is 2. The molecule has 0 aliphatic rings. The van der Waals surface area contributed by atoms with Gasteiger partial charge in [-0.15, -0.1) is 10.2 Å².